The van der Waals surface area contributed by atoms with Crippen LogP contribution in [0.1, 0.15) is 40.0 Å². The van der Waals surface area contributed by atoms with Crippen LogP contribution in [0.2, 0.25) is 0 Å². The zero-order valence-electron chi connectivity index (χ0n) is 10.3. The van der Waals surface area contributed by atoms with Crippen molar-refractivity contribution in [3.05, 3.63) is 0 Å². The predicted molar refractivity (Wildman–Crippen MR) is 62.6 cm³/mol. The molecule has 2 heteroatoms. The summed E-state index contributed by atoms with van der Waals surface area (Å²) in [5, 5.41) is 3.51. The van der Waals surface area contributed by atoms with E-state index in [0.29, 0.717) is 5.41 Å². The highest BCUT2D eigenvalue weighted by Crippen LogP contribution is 2.28. The summed E-state index contributed by atoms with van der Waals surface area (Å²) in [6, 6.07) is 0.889. The maximum absolute atomic E-state index is 3.51. The van der Waals surface area contributed by atoms with Crippen molar-refractivity contribution in [2.24, 2.45) is 5.41 Å². The normalized spacial score (nSPS) is 17.8. The molecule has 1 fully saturated rings. The minimum absolute atomic E-state index is 0.409. The van der Waals surface area contributed by atoms with Crippen molar-refractivity contribution in [1.82, 2.24) is 10.2 Å². The van der Waals surface area contributed by atoms with Gasteiger partial charge in [0.15, 0.2) is 0 Å². The van der Waals surface area contributed by atoms with E-state index in [2.05, 4.69) is 38.0 Å². The van der Waals surface area contributed by atoms with Crippen LogP contribution in [0.15, 0.2) is 0 Å². The van der Waals surface area contributed by atoms with Gasteiger partial charge in [-0.05, 0) is 38.3 Å². The quantitative estimate of drug-likeness (QED) is 0.630. The lowest BCUT2D eigenvalue weighted by Gasteiger charge is -2.30. The molecule has 0 heterocycles. The molecule has 2 nitrogen and oxygen atoms in total. The molecule has 0 unspecified atom stereocenters. The molecule has 1 aliphatic rings. The summed E-state index contributed by atoms with van der Waals surface area (Å²) in [4.78, 5) is 2.52. The van der Waals surface area contributed by atoms with Crippen molar-refractivity contribution in [2.45, 2.75) is 46.1 Å². The average Bonchev–Trinajstić information content (AvgIpc) is 2.85. The minimum atomic E-state index is 0.409. The Balaban J connectivity index is 2.17. The Kier molecular flexibility index (Phi) is 4.39. The summed E-state index contributed by atoms with van der Waals surface area (Å²) in [6.45, 7) is 10.4. The fraction of sp³-hybridized carbons (Fsp3) is 1.00. The molecule has 0 amide bonds. The van der Waals surface area contributed by atoms with Gasteiger partial charge in [-0.1, -0.05) is 20.8 Å². The Bertz CT molecular complexity index is 162. The zero-order valence-corrected chi connectivity index (χ0v) is 10.3. The Morgan fingerprint density at radius 3 is 2.50 bits per heavy atom. The first-order chi connectivity index (χ1) is 6.55. The van der Waals surface area contributed by atoms with Gasteiger partial charge in [-0.3, -0.25) is 0 Å². The van der Waals surface area contributed by atoms with Gasteiger partial charge < -0.3 is 10.2 Å². The molecule has 0 aliphatic heterocycles. The van der Waals surface area contributed by atoms with E-state index in [0.717, 1.165) is 19.1 Å². The molecule has 14 heavy (non-hydrogen) atoms. The van der Waals surface area contributed by atoms with Gasteiger partial charge in [0.1, 0.15) is 0 Å². The number of nitrogens with one attached hydrogen (secondary N) is 1. The Hall–Kier alpha value is -0.0800. The highest BCUT2D eigenvalue weighted by Gasteiger charge is 2.30. The lowest BCUT2D eigenvalue weighted by molar-refractivity contribution is 0.198. The van der Waals surface area contributed by atoms with Crippen molar-refractivity contribution < 1.29 is 0 Å². The maximum Gasteiger partial charge on any atom is 0.00936 e. The van der Waals surface area contributed by atoms with Crippen molar-refractivity contribution in [2.75, 3.05) is 26.7 Å². The molecule has 1 aliphatic carbocycles. The molecule has 1 N–H and O–H groups in total. The van der Waals surface area contributed by atoms with Crippen LogP contribution in [-0.2, 0) is 0 Å². The number of nitrogens with zero attached hydrogens (tertiary/aromatic N) is 1. The van der Waals surface area contributed by atoms with Crippen molar-refractivity contribution in [3.8, 4) is 0 Å². The molecule has 1 rings (SSSR count). The summed E-state index contributed by atoms with van der Waals surface area (Å²) in [7, 11) is 2.26. The van der Waals surface area contributed by atoms with Crippen LogP contribution >= 0.6 is 0 Å². The molecule has 0 bridgehead atoms. The van der Waals surface area contributed by atoms with Crippen molar-refractivity contribution in [1.29, 1.82) is 0 Å². The first-order valence-electron chi connectivity index (χ1n) is 5.96. The summed E-state index contributed by atoms with van der Waals surface area (Å²) in [5.74, 6) is 0. The van der Waals surface area contributed by atoms with E-state index >= 15 is 0 Å². The summed E-state index contributed by atoms with van der Waals surface area (Å²) in [5.41, 5.74) is 0.409. The van der Waals surface area contributed by atoms with Gasteiger partial charge in [0.25, 0.3) is 0 Å². The number of hydrogen-bond acceptors (Lipinski definition) is 2. The van der Waals surface area contributed by atoms with Gasteiger partial charge in [-0.25, -0.2) is 0 Å². The Morgan fingerprint density at radius 1 is 1.36 bits per heavy atom. The van der Waals surface area contributed by atoms with Gasteiger partial charge in [-0.2, -0.15) is 0 Å². The van der Waals surface area contributed by atoms with Gasteiger partial charge >= 0.3 is 0 Å². The smallest absolute Gasteiger partial charge is 0.00936 e. The molecule has 0 atom stereocenters. The number of rotatable bonds is 7. The summed E-state index contributed by atoms with van der Waals surface area (Å²) in [6.07, 6.45) is 4.05. The monoisotopic (exact) mass is 198 g/mol. The molecule has 1 saturated carbocycles. The lowest BCUT2D eigenvalue weighted by Crippen LogP contribution is -2.39. The van der Waals surface area contributed by atoms with Crippen LogP contribution in [0.5, 0.6) is 0 Å². The zero-order chi connectivity index (χ0) is 10.6. The Labute approximate surface area is 89.1 Å². The van der Waals surface area contributed by atoms with Crippen molar-refractivity contribution >= 4 is 0 Å². The lowest BCUT2D eigenvalue weighted by atomic mass is 9.92. The standard InChI is InChI=1S/C12H26N2/c1-5-8-13-9-12(2,3)10-14(4)11-6-7-11/h11,13H,5-10H2,1-4H3. The van der Waals surface area contributed by atoms with Crippen LogP contribution in [0.25, 0.3) is 0 Å². The second-order valence-electron chi connectivity index (χ2n) is 5.49. The van der Waals surface area contributed by atoms with Crippen LogP contribution in [0.4, 0.5) is 0 Å². The van der Waals surface area contributed by atoms with E-state index in [9.17, 15) is 0 Å². The predicted octanol–water partition coefficient (Wildman–Crippen LogP) is 2.11. The van der Waals surface area contributed by atoms with E-state index < -0.39 is 0 Å². The topological polar surface area (TPSA) is 15.3 Å². The van der Waals surface area contributed by atoms with Gasteiger partial charge in [-0.15, -0.1) is 0 Å². The molecular formula is C12H26N2. The van der Waals surface area contributed by atoms with E-state index in [1.807, 2.05) is 0 Å². The van der Waals surface area contributed by atoms with Crippen LogP contribution in [-0.4, -0.2) is 37.6 Å². The van der Waals surface area contributed by atoms with Crippen LogP contribution in [0.3, 0.4) is 0 Å². The highest BCUT2D eigenvalue weighted by molar-refractivity contribution is 4.86. The maximum atomic E-state index is 3.51. The van der Waals surface area contributed by atoms with E-state index in [1.165, 1.54) is 25.8 Å². The second-order valence-corrected chi connectivity index (χ2v) is 5.49. The third kappa shape index (κ3) is 4.43. The highest BCUT2D eigenvalue weighted by atomic mass is 15.2. The van der Waals surface area contributed by atoms with E-state index in [-0.39, 0.29) is 0 Å². The van der Waals surface area contributed by atoms with Crippen LogP contribution in [0, 0.1) is 5.41 Å². The van der Waals surface area contributed by atoms with Crippen molar-refractivity contribution in [3.63, 3.8) is 0 Å². The summed E-state index contributed by atoms with van der Waals surface area (Å²) >= 11 is 0. The minimum Gasteiger partial charge on any atom is -0.316 e. The van der Waals surface area contributed by atoms with Gasteiger partial charge in [0.05, 0.1) is 0 Å². The van der Waals surface area contributed by atoms with E-state index in [1.54, 1.807) is 0 Å². The molecule has 0 saturated heterocycles. The summed E-state index contributed by atoms with van der Waals surface area (Å²) < 4.78 is 0. The fourth-order valence-corrected chi connectivity index (χ4v) is 1.98. The largest absolute Gasteiger partial charge is 0.316 e. The molecule has 0 aromatic carbocycles. The molecule has 0 radical (unpaired) electrons. The SMILES string of the molecule is CCCNCC(C)(C)CN(C)C1CC1. The first-order valence-corrected chi connectivity index (χ1v) is 5.96. The molecule has 0 aromatic rings. The molecule has 0 spiro atoms. The van der Waals surface area contributed by atoms with Crippen LogP contribution < -0.4 is 5.32 Å². The number of hydrogen-bond donors (Lipinski definition) is 1. The second kappa shape index (κ2) is 5.13. The van der Waals surface area contributed by atoms with Gasteiger partial charge in [0.2, 0.25) is 0 Å². The van der Waals surface area contributed by atoms with Gasteiger partial charge in [0, 0.05) is 19.1 Å². The fourth-order valence-electron chi connectivity index (χ4n) is 1.98. The first kappa shape index (κ1) is 12.0. The average molecular weight is 198 g/mol. The molecular weight excluding hydrogens is 172 g/mol. The molecule has 0 aromatic heterocycles. The Morgan fingerprint density at radius 2 is 2.00 bits per heavy atom. The third-order valence-electron chi connectivity index (χ3n) is 2.88. The third-order valence-corrected chi connectivity index (χ3v) is 2.88. The van der Waals surface area contributed by atoms with E-state index in [4.69, 9.17) is 0 Å². The molecule has 84 valence electrons.